The van der Waals surface area contributed by atoms with Crippen molar-refractivity contribution in [3.8, 4) is 17.2 Å². The summed E-state index contributed by atoms with van der Waals surface area (Å²) in [5.41, 5.74) is 0.541. The summed E-state index contributed by atoms with van der Waals surface area (Å²) in [6, 6.07) is 2.97. The van der Waals surface area contributed by atoms with E-state index in [1.807, 2.05) is 0 Å². The van der Waals surface area contributed by atoms with Crippen LogP contribution in [0.3, 0.4) is 0 Å². The smallest absolute Gasteiger partial charge is 0.261 e. The Bertz CT molecular complexity index is 643. The van der Waals surface area contributed by atoms with Crippen LogP contribution in [0.4, 0.5) is 0 Å². The first-order chi connectivity index (χ1) is 10.2. The van der Waals surface area contributed by atoms with Gasteiger partial charge in [0, 0.05) is 24.2 Å². The highest BCUT2D eigenvalue weighted by molar-refractivity contribution is 5.60. The predicted octanol–water partition coefficient (Wildman–Crippen LogP) is 2.18. The van der Waals surface area contributed by atoms with Gasteiger partial charge in [-0.25, -0.2) is 0 Å². The van der Waals surface area contributed by atoms with Gasteiger partial charge in [-0.15, -0.1) is 0 Å². The van der Waals surface area contributed by atoms with Gasteiger partial charge in [-0.1, -0.05) is 5.16 Å². The molecule has 1 N–H and O–H groups in total. The molecule has 0 aliphatic carbocycles. The van der Waals surface area contributed by atoms with Crippen molar-refractivity contribution in [2.45, 2.75) is 43.7 Å². The van der Waals surface area contributed by atoms with E-state index in [0.29, 0.717) is 29.5 Å². The average Bonchev–Trinajstić information content (AvgIpc) is 3.02. The minimum Gasteiger partial charge on any atom is -0.505 e. The third-order valence-electron chi connectivity index (χ3n) is 4.94. The van der Waals surface area contributed by atoms with Gasteiger partial charge >= 0.3 is 0 Å². The molecule has 2 fully saturated rings. The Kier molecular flexibility index (Phi) is 2.92. The Hall–Kier alpha value is -1.95. The molecule has 0 spiro atoms. The summed E-state index contributed by atoms with van der Waals surface area (Å²) >= 11 is 0. The molecule has 4 rings (SSSR count). The van der Waals surface area contributed by atoms with Gasteiger partial charge in [-0.05, 0) is 38.8 Å². The number of hydrogen-bond acceptors (Lipinski definition) is 6. The van der Waals surface area contributed by atoms with Crippen LogP contribution in [0.5, 0.6) is 5.75 Å². The fraction of sp³-hybridized carbons (Fsp3) is 0.533. The number of fused-ring (bicyclic) bond motifs is 2. The Labute approximate surface area is 122 Å². The van der Waals surface area contributed by atoms with Gasteiger partial charge in [0.25, 0.3) is 5.89 Å². The number of nitrogens with zero attached hydrogens (tertiary/aromatic N) is 4. The van der Waals surface area contributed by atoms with E-state index in [0.717, 1.165) is 18.7 Å². The molecule has 0 saturated carbocycles. The van der Waals surface area contributed by atoms with E-state index in [-0.39, 0.29) is 5.75 Å². The van der Waals surface area contributed by atoms with Gasteiger partial charge in [0.1, 0.15) is 5.75 Å². The lowest BCUT2D eigenvalue weighted by atomic mass is 9.90. The molecule has 2 aliphatic heterocycles. The number of aromatic hydroxyl groups is 1. The second-order valence-electron chi connectivity index (χ2n) is 6.07. The topological polar surface area (TPSA) is 75.3 Å². The Morgan fingerprint density at radius 2 is 2.05 bits per heavy atom. The number of rotatable bonds is 2. The van der Waals surface area contributed by atoms with E-state index in [1.54, 1.807) is 12.3 Å². The zero-order chi connectivity index (χ0) is 14.4. The Morgan fingerprint density at radius 3 is 2.76 bits per heavy atom. The Balaban J connectivity index is 1.60. The van der Waals surface area contributed by atoms with Crippen LogP contribution >= 0.6 is 0 Å². The molecule has 0 aromatic carbocycles. The van der Waals surface area contributed by atoms with Crippen LogP contribution in [0.2, 0.25) is 0 Å². The second-order valence-corrected chi connectivity index (χ2v) is 6.07. The highest BCUT2D eigenvalue weighted by atomic mass is 16.5. The standard InChI is InChI=1S/C15H18N4O2/c1-19-10-2-3-11(19)7-9(6-10)14-17-15(21-18-14)12-4-5-16-8-13(12)20/h4-5,8-11,20H,2-3,6-7H2,1H3. The lowest BCUT2D eigenvalue weighted by Gasteiger charge is -2.34. The molecular formula is C15H18N4O2. The number of pyridine rings is 1. The quantitative estimate of drug-likeness (QED) is 0.912. The summed E-state index contributed by atoms with van der Waals surface area (Å²) in [5.74, 6) is 1.57. The average molecular weight is 286 g/mol. The maximum Gasteiger partial charge on any atom is 0.261 e. The molecule has 21 heavy (non-hydrogen) atoms. The van der Waals surface area contributed by atoms with Crippen molar-refractivity contribution in [1.82, 2.24) is 20.0 Å². The fourth-order valence-corrected chi connectivity index (χ4v) is 3.70. The first kappa shape index (κ1) is 12.8. The normalized spacial score (nSPS) is 28.9. The predicted molar refractivity (Wildman–Crippen MR) is 75.7 cm³/mol. The largest absolute Gasteiger partial charge is 0.505 e. The molecule has 2 saturated heterocycles. The molecule has 0 radical (unpaired) electrons. The van der Waals surface area contributed by atoms with Crippen LogP contribution in [-0.2, 0) is 0 Å². The molecule has 2 unspecified atom stereocenters. The van der Waals surface area contributed by atoms with E-state index < -0.39 is 0 Å². The van der Waals surface area contributed by atoms with Crippen molar-refractivity contribution in [3.05, 3.63) is 24.3 Å². The monoisotopic (exact) mass is 286 g/mol. The highest BCUT2D eigenvalue weighted by Crippen LogP contribution is 2.41. The van der Waals surface area contributed by atoms with Gasteiger partial charge in [0.2, 0.25) is 0 Å². The molecule has 2 bridgehead atoms. The van der Waals surface area contributed by atoms with Gasteiger partial charge in [0.15, 0.2) is 5.82 Å². The number of aromatic nitrogens is 3. The zero-order valence-electron chi connectivity index (χ0n) is 11.9. The highest BCUT2D eigenvalue weighted by Gasteiger charge is 2.40. The lowest BCUT2D eigenvalue weighted by molar-refractivity contribution is 0.157. The molecule has 6 nitrogen and oxygen atoms in total. The third-order valence-corrected chi connectivity index (χ3v) is 4.94. The van der Waals surface area contributed by atoms with E-state index >= 15 is 0 Å². The molecule has 110 valence electrons. The van der Waals surface area contributed by atoms with Crippen LogP contribution in [0.15, 0.2) is 23.0 Å². The summed E-state index contributed by atoms with van der Waals surface area (Å²) in [4.78, 5) is 10.9. The zero-order valence-corrected chi connectivity index (χ0v) is 11.9. The molecule has 2 atom stereocenters. The summed E-state index contributed by atoms with van der Waals surface area (Å²) < 4.78 is 5.34. The summed E-state index contributed by atoms with van der Waals surface area (Å²) in [7, 11) is 2.22. The fourth-order valence-electron chi connectivity index (χ4n) is 3.70. The van der Waals surface area contributed by atoms with E-state index in [1.165, 1.54) is 19.0 Å². The number of piperidine rings is 1. The minimum absolute atomic E-state index is 0.0659. The molecule has 2 aliphatic rings. The maximum atomic E-state index is 9.82. The van der Waals surface area contributed by atoms with Gasteiger partial charge in [-0.3, -0.25) is 4.98 Å². The minimum atomic E-state index is 0.0659. The van der Waals surface area contributed by atoms with E-state index in [4.69, 9.17) is 4.52 Å². The first-order valence-corrected chi connectivity index (χ1v) is 7.41. The summed E-state index contributed by atoms with van der Waals surface area (Å²) in [5, 5.41) is 14.0. The first-order valence-electron chi connectivity index (χ1n) is 7.41. The summed E-state index contributed by atoms with van der Waals surface area (Å²) in [6.07, 6.45) is 7.72. The molecular weight excluding hydrogens is 268 g/mol. The SMILES string of the molecule is CN1C2CCC1CC(c1noc(-c3ccncc3O)n1)C2. The molecule has 0 amide bonds. The van der Waals surface area contributed by atoms with Crippen molar-refractivity contribution < 1.29 is 9.63 Å². The molecule has 4 heterocycles. The lowest BCUT2D eigenvalue weighted by Crippen LogP contribution is -2.39. The van der Waals surface area contributed by atoms with Gasteiger partial charge in [-0.2, -0.15) is 4.98 Å². The van der Waals surface area contributed by atoms with Crippen molar-refractivity contribution in [2.24, 2.45) is 0 Å². The second kappa shape index (κ2) is 4.80. The van der Waals surface area contributed by atoms with Crippen molar-refractivity contribution in [2.75, 3.05) is 7.05 Å². The van der Waals surface area contributed by atoms with Crippen molar-refractivity contribution in [3.63, 3.8) is 0 Å². The van der Waals surface area contributed by atoms with Gasteiger partial charge in [0.05, 0.1) is 11.8 Å². The van der Waals surface area contributed by atoms with Crippen LogP contribution in [0.25, 0.3) is 11.5 Å². The van der Waals surface area contributed by atoms with E-state index in [2.05, 4.69) is 27.1 Å². The number of hydrogen-bond donors (Lipinski definition) is 1. The maximum absolute atomic E-state index is 9.82. The van der Waals surface area contributed by atoms with Crippen LogP contribution in [0.1, 0.15) is 37.4 Å². The van der Waals surface area contributed by atoms with Crippen LogP contribution < -0.4 is 0 Å². The van der Waals surface area contributed by atoms with Gasteiger partial charge < -0.3 is 14.5 Å². The van der Waals surface area contributed by atoms with Crippen LogP contribution in [0, 0.1) is 0 Å². The van der Waals surface area contributed by atoms with Crippen molar-refractivity contribution in [1.29, 1.82) is 0 Å². The molecule has 2 aromatic rings. The van der Waals surface area contributed by atoms with Crippen molar-refractivity contribution >= 4 is 0 Å². The Morgan fingerprint density at radius 1 is 1.29 bits per heavy atom. The third kappa shape index (κ3) is 2.10. The van der Waals surface area contributed by atoms with Crippen LogP contribution in [-0.4, -0.2) is 44.3 Å². The molecule has 6 heteroatoms. The van der Waals surface area contributed by atoms with E-state index in [9.17, 15) is 5.11 Å². The molecule has 2 aromatic heterocycles. The summed E-state index contributed by atoms with van der Waals surface area (Å²) in [6.45, 7) is 0.